The molecule has 0 aromatic heterocycles. The van der Waals surface area contributed by atoms with E-state index in [2.05, 4.69) is 48.6 Å². The van der Waals surface area contributed by atoms with Gasteiger partial charge < -0.3 is 5.32 Å². The Morgan fingerprint density at radius 3 is 2.63 bits per heavy atom. The molecule has 0 amide bonds. The molecule has 0 fully saturated rings. The van der Waals surface area contributed by atoms with E-state index in [0.29, 0.717) is 6.04 Å². The molecule has 1 N–H and O–H groups in total. The van der Waals surface area contributed by atoms with Gasteiger partial charge in [-0.15, -0.1) is 0 Å². The Morgan fingerprint density at radius 1 is 1.11 bits per heavy atom. The molecule has 0 spiro atoms. The Kier molecular flexibility index (Phi) is 6.16. The highest BCUT2D eigenvalue weighted by molar-refractivity contribution is 5.17. The van der Waals surface area contributed by atoms with Gasteiger partial charge in [-0.3, -0.25) is 0 Å². The van der Waals surface area contributed by atoms with Crippen LogP contribution in [0.4, 0.5) is 0 Å². The van der Waals surface area contributed by atoms with Crippen LogP contribution < -0.4 is 5.32 Å². The second kappa shape index (κ2) is 8.16. The van der Waals surface area contributed by atoms with Crippen molar-refractivity contribution in [1.82, 2.24) is 5.32 Å². The van der Waals surface area contributed by atoms with Gasteiger partial charge in [0.2, 0.25) is 0 Å². The van der Waals surface area contributed by atoms with Gasteiger partial charge in [0, 0.05) is 6.04 Å². The maximum absolute atomic E-state index is 3.72. The summed E-state index contributed by atoms with van der Waals surface area (Å²) in [5.41, 5.74) is 3.13. The Balaban J connectivity index is 1.92. The number of benzene rings is 1. The van der Waals surface area contributed by atoms with Gasteiger partial charge >= 0.3 is 0 Å². The van der Waals surface area contributed by atoms with E-state index in [1.54, 1.807) is 5.57 Å². The lowest BCUT2D eigenvalue weighted by atomic mass is 9.92. The topological polar surface area (TPSA) is 12.0 Å². The third-order valence-corrected chi connectivity index (χ3v) is 3.90. The van der Waals surface area contributed by atoms with Crippen LogP contribution in [-0.2, 0) is 6.42 Å². The summed E-state index contributed by atoms with van der Waals surface area (Å²) in [5, 5.41) is 3.72. The number of hydrogen-bond acceptors (Lipinski definition) is 1. The molecule has 0 saturated carbocycles. The molecule has 0 aliphatic heterocycles. The highest BCUT2D eigenvalue weighted by Gasteiger charge is 2.12. The predicted molar refractivity (Wildman–Crippen MR) is 83.4 cm³/mol. The minimum atomic E-state index is 0.603. The summed E-state index contributed by atoms with van der Waals surface area (Å²) < 4.78 is 0. The van der Waals surface area contributed by atoms with Crippen molar-refractivity contribution in [3.05, 3.63) is 47.5 Å². The highest BCUT2D eigenvalue weighted by Crippen LogP contribution is 2.22. The molecule has 1 aliphatic rings. The van der Waals surface area contributed by atoms with E-state index in [4.69, 9.17) is 0 Å². The Hall–Kier alpha value is -1.08. The van der Waals surface area contributed by atoms with Crippen molar-refractivity contribution in [1.29, 1.82) is 0 Å². The zero-order valence-electron chi connectivity index (χ0n) is 12.2. The molecule has 104 valence electrons. The lowest BCUT2D eigenvalue weighted by Crippen LogP contribution is -2.32. The zero-order valence-corrected chi connectivity index (χ0v) is 12.2. The average molecular weight is 257 g/mol. The quantitative estimate of drug-likeness (QED) is 0.710. The molecule has 1 heteroatoms. The number of rotatable bonds is 7. The molecule has 0 saturated heterocycles. The first-order valence-electron chi connectivity index (χ1n) is 7.83. The van der Waals surface area contributed by atoms with Crippen LogP contribution in [0.1, 0.15) is 51.0 Å². The molecule has 1 aromatic rings. The van der Waals surface area contributed by atoms with Gasteiger partial charge in [0.1, 0.15) is 0 Å². The van der Waals surface area contributed by atoms with Crippen molar-refractivity contribution >= 4 is 0 Å². The van der Waals surface area contributed by atoms with Gasteiger partial charge in [0.05, 0.1) is 0 Å². The van der Waals surface area contributed by atoms with Gasteiger partial charge in [-0.1, -0.05) is 48.9 Å². The maximum Gasteiger partial charge on any atom is 0.0145 e. The van der Waals surface area contributed by atoms with Crippen LogP contribution in [0, 0.1) is 0 Å². The van der Waals surface area contributed by atoms with Crippen LogP contribution in [-0.4, -0.2) is 12.6 Å². The van der Waals surface area contributed by atoms with Crippen LogP contribution in [0.3, 0.4) is 0 Å². The molecule has 1 unspecified atom stereocenters. The first-order valence-corrected chi connectivity index (χ1v) is 7.83. The summed E-state index contributed by atoms with van der Waals surface area (Å²) >= 11 is 0. The average Bonchev–Trinajstić information content (AvgIpc) is 2.47. The number of nitrogens with one attached hydrogen (secondary N) is 1. The summed E-state index contributed by atoms with van der Waals surface area (Å²) in [5.74, 6) is 0. The van der Waals surface area contributed by atoms with Crippen molar-refractivity contribution in [2.24, 2.45) is 0 Å². The van der Waals surface area contributed by atoms with E-state index in [0.717, 1.165) is 13.0 Å². The monoisotopic (exact) mass is 257 g/mol. The second-order valence-electron chi connectivity index (χ2n) is 5.65. The van der Waals surface area contributed by atoms with Crippen molar-refractivity contribution in [2.45, 2.75) is 57.9 Å². The Labute approximate surface area is 118 Å². The fraction of sp³-hybridized carbons (Fsp3) is 0.556. The minimum absolute atomic E-state index is 0.603. The van der Waals surface area contributed by atoms with Crippen molar-refractivity contribution in [2.75, 3.05) is 6.54 Å². The fourth-order valence-corrected chi connectivity index (χ4v) is 2.87. The second-order valence-corrected chi connectivity index (χ2v) is 5.65. The lowest BCUT2D eigenvalue weighted by Gasteiger charge is -2.22. The van der Waals surface area contributed by atoms with E-state index in [9.17, 15) is 0 Å². The molecular weight excluding hydrogens is 230 g/mol. The molecule has 0 bridgehead atoms. The van der Waals surface area contributed by atoms with Crippen LogP contribution in [0.2, 0.25) is 0 Å². The van der Waals surface area contributed by atoms with E-state index in [1.807, 2.05) is 0 Å². The van der Waals surface area contributed by atoms with Gasteiger partial charge in [0.25, 0.3) is 0 Å². The summed E-state index contributed by atoms with van der Waals surface area (Å²) in [6, 6.07) is 11.5. The van der Waals surface area contributed by atoms with E-state index in [1.165, 1.54) is 44.1 Å². The van der Waals surface area contributed by atoms with Crippen LogP contribution in [0.15, 0.2) is 42.0 Å². The zero-order chi connectivity index (χ0) is 13.3. The number of allylic oxidation sites excluding steroid dienone is 1. The van der Waals surface area contributed by atoms with Crippen molar-refractivity contribution in [3.63, 3.8) is 0 Å². The molecule has 0 heterocycles. The molecular formula is C18H27N. The molecule has 1 aromatic carbocycles. The third kappa shape index (κ3) is 5.20. The standard InChI is InChI=1S/C18H27N/c1-2-13-19-18(14-16-9-5-3-6-10-16)15-17-11-7-4-8-12-17/h3,5-6,9-11,18-19H,2,4,7-8,12-15H2,1H3. The van der Waals surface area contributed by atoms with E-state index in [-0.39, 0.29) is 0 Å². The van der Waals surface area contributed by atoms with Crippen molar-refractivity contribution < 1.29 is 0 Å². The van der Waals surface area contributed by atoms with Gasteiger partial charge in [-0.25, -0.2) is 0 Å². The summed E-state index contributed by atoms with van der Waals surface area (Å²) in [7, 11) is 0. The molecule has 1 nitrogen and oxygen atoms in total. The Morgan fingerprint density at radius 2 is 1.95 bits per heavy atom. The van der Waals surface area contributed by atoms with E-state index >= 15 is 0 Å². The first-order chi connectivity index (χ1) is 9.38. The first kappa shape index (κ1) is 14.3. The smallest absolute Gasteiger partial charge is 0.0145 e. The fourth-order valence-electron chi connectivity index (χ4n) is 2.87. The summed E-state index contributed by atoms with van der Waals surface area (Å²) in [6.07, 6.45) is 11.5. The maximum atomic E-state index is 3.72. The van der Waals surface area contributed by atoms with Crippen molar-refractivity contribution in [3.8, 4) is 0 Å². The largest absolute Gasteiger partial charge is 0.313 e. The summed E-state index contributed by atoms with van der Waals surface area (Å²) in [6.45, 7) is 3.37. The minimum Gasteiger partial charge on any atom is -0.313 e. The predicted octanol–water partition coefficient (Wildman–Crippen LogP) is 4.49. The van der Waals surface area contributed by atoms with Gasteiger partial charge in [-0.2, -0.15) is 0 Å². The molecule has 19 heavy (non-hydrogen) atoms. The highest BCUT2D eigenvalue weighted by atomic mass is 14.9. The van der Waals surface area contributed by atoms with E-state index < -0.39 is 0 Å². The molecule has 0 radical (unpaired) electrons. The van der Waals surface area contributed by atoms with Crippen LogP contribution in [0.5, 0.6) is 0 Å². The van der Waals surface area contributed by atoms with Crippen LogP contribution in [0.25, 0.3) is 0 Å². The lowest BCUT2D eigenvalue weighted by molar-refractivity contribution is 0.490. The van der Waals surface area contributed by atoms with Gasteiger partial charge in [0.15, 0.2) is 0 Å². The molecule has 2 rings (SSSR count). The number of hydrogen-bond donors (Lipinski definition) is 1. The molecule has 1 atom stereocenters. The van der Waals surface area contributed by atoms with Crippen LogP contribution >= 0.6 is 0 Å². The van der Waals surface area contributed by atoms with Gasteiger partial charge in [-0.05, 0) is 57.1 Å². The SMILES string of the molecule is CCCNC(CC1=CCCCC1)Cc1ccccc1. The normalized spacial score (nSPS) is 17.0. The molecule has 1 aliphatic carbocycles. The Bertz CT molecular complexity index is 380. The summed E-state index contributed by atoms with van der Waals surface area (Å²) in [4.78, 5) is 0. The third-order valence-electron chi connectivity index (χ3n) is 3.90.